The second-order valence-electron chi connectivity index (χ2n) is 7.01. The third kappa shape index (κ3) is 4.12. The summed E-state index contributed by atoms with van der Waals surface area (Å²) in [5, 5.41) is 2.92. The summed E-state index contributed by atoms with van der Waals surface area (Å²) in [7, 11) is 2.09. The van der Waals surface area contributed by atoms with Gasteiger partial charge in [0.2, 0.25) is 5.91 Å². The highest BCUT2D eigenvalue weighted by Crippen LogP contribution is 2.31. The maximum atomic E-state index is 12.6. The highest BCUT2D eigenvalue weighted by atomic mass is 19.4. The van der Waals surface area contributed by atoms with Crippen LogP contribution in [0.4, 0.5) is 13.2 Å². The molecule has 3 rings (SSSR count). The lowest BCUT2D eigenvalue weighted by molar-refractivity contribution is -0.141. The molecule has 1 spiro atoms. The lowest BCUT2D eigenvalue weighted by Crippen LogP contribution is -2.60. The van der Waals surface area contributed by atoms with E-state index in [1.54, 1.807) is 0 Å². The first-order chi connectivity index (χ1) is 11.8. The first kappa shape index (κ1) is 18.1. The predicted molar refractivity (Wildman–Crippen MR) is 86.7 cm³/mol. The molecule has 2 saturated heterocycles. The van der Waals surface area contributed by atoms with Gasteiger partial charge in [0.15, 0.2) is 0 Å². The second kappa shape index (κ2) is 6.92. The Hall–Kier alpha value is -1.67. The summed E-state index contributed by atoms with van der Waals surface area (Å²) in [6.07, 6.45) is -0.892. The number of nitrogens with one attached hydrogen (secondary N) is 1. The number of piperazine rings is 1. The van der Waals surface area contributed by atoms with Crippen LogP contribution in [0.3, 0.4) is 0 Å². The molecular weight excluding hydrogens is 333 g/mol. The molecule has 25 heavy (non-hydrogen) atoms. The first-order valence-corrected chi connectivity index (χ1v) is 8.51. The van der Waals surface area contributed by atoms with Crippen LogP contribution < -0.4 is 5.32 Å². The zero-order valence-electron chi connectivity index (χ0n) is 14.3. The minimum absolute atomic E-state index is 0.0588. The fourth-order valence-electron chi connectivity index (χ4n) is 3.76. The van der Waals surface area contributed by atoms with Crippen molar-refractivity contribution in [2.24, 2.45) is 0 Å². The molecule has 0 saturated carbocycles. The first-order valence-electron chi connectivity index (χ1n) is 8.51. The zero-order chi connectivity index (χ0) is 18.1. The molecule has 138 valence electrons. The highest BCUT2D eigenvalue weighted by Gasteiger charge is 2.40. The van der Waals surface area contributed by atoms with Crippen LogP contribution in [0.25, 0.3) is 0 Å². The highest BCUT2D eigenvalue weighted by molar-refractivity contribution is 5.76. The average molecular weight is 356 g/mol. The maximum Gasteiger partial charge on any atom is 0.433 e. The average Bonchev–Trinajstić information content (AvgIpc) is 2.74. The number of hydrogen-bond donors (Lipinski definition) is 1. The van der Waals surface area contributed by atoms with Crippen molar-refractivity contribution in [2.75, 3.05) is 33.2 Å². The van der Waals surface area contributed by atoms with Gasteiger partial charge in [-0.1, -0.05) is 6.07 Å². The number of carbonyl (C=O) groups is 1. The third-order valence-corrected chi connectivity index (χ3v) is 5.33. The number of amides is 1. The molecular formula is C17H23F3N4O. The fourth-order valence-corrected chi connectivity index (χ4v) is 3.76. The van der Waals surface area contributed by atoms with Gasteiger partial charge in [0.25, 0.3) is 0 Å². The van der Waals surface area contributed by atoms with Crippen molar-refractivity contribution in [3.8, 4) is 0 Å². The van der Waals surface area contributed by atoms with Crippen LogP contribution in [0, 0.1) is 0 Å². The topological polar surface area (TPSA) is 48.5 Å². The molecule has 0 aliphatic carbocycles. The maximum absolute atomic E-state index is 12.6. The van der Waals surface area contributed by atoms with E-state index in [2.05, 4.69) is 27.1 Å². The smallest absolute Gasteiger partial charge is 0.356 e. The molecule has 1 aromatic heterocycles. The lowest BCUT2D eigenvalue weighted by atomic mass is 9.86. The molecule has 1 atom stereocenters. The van der Waals surface area contributed by atoms with Gasteiger partial charge in [0, 0.05) is 50.9 Å². The zero-order valence-corrected chi connectivity index (χ0v) is 14.3. The van der Waals surface area contributed by atoms with E-state index in [1.165, 1.54) is 12.3 Å². The van der Waals surface area contributed by atoms with E-state index < -0.39 is 11.9 Å². The molecule has 5 nitrogen and oxygen atoms in total. The molecule has 0 aromatic carbocycles. The lowest BCUT2D eigenvalue weighted by Gasteiger charge is -2.49. The molecule has 1 aromatic rings. The SMILES string of the molecule is CN1CCN(Cc2ccc(C(F)(F)F)nc2)C[C@@]12CCNC(=O)CC2. The van der Waals surface area contributed by atoms with E-state index in [0.29, 0.717) is 19.5 Å². The summed E-state index contributed by atoms with van der Waals surface area (Å²) >= 11 is 0. The largest absolute Gasteiger partial charge is 0.433 e. The Morgan fingerprint density at radius 1 is 1.28 bits per heavy atom. The quantitative estimate of drug-likeness (QED) is 0.879. The van der Waals surface area contributed by atoms with Gasteiger partial charge >= 0.3 is 6.18 Å². The van der Waals surface area contributed by atoms with Crippen molar-refractivity contribution in [1.29, 1.82) is 0 Å². The number of nitrogens with zero attached hydrogens (tertiary/aromatic N) is 3. The summed E-state index contributed by atoms with van der Waals surface area (Å²) < 4.78 is 37.9. The number of halogens is 3. The van der Waals surface area contributed by atoms with Crippen molar-refractivity contribution >= 4 is 5.91 Å². The van der Waals surface area contributed by atoms with Gasteiger partial charge in [0.05, 0.1) is 0 Å². The van der Waals surface area contributed by atoms with Crippen molar-refractivity contribution in [1.82, 2.24) is 20.1 Å². The summed E-state index contributed by atoms with van der Waals surface area (Å²) in [5.74, 6) is 0.0920. The Morgan fingerprint density at radius 2 is 2.08 bits per heavy atom. The van der Waals surface area contributed by atoms with Gasteiger partial charge in [-0.05, 0) is 31.5 Å². The van der Waals surface area contributed by atoms with Gasteiger partial charge in [0.1, 0.15) is 5.69 Å². The van der Waals surface area contributed by atoms with Crippen LogP contribution in [0.2, 0.25) is 0 Å². The van der Waals surface area contributed by atoms with E-state index in [9.17, 15) is 18.0 Å². The number of hydrogen-bond acceptors (Lipinski definition) is 4. The number of pyridine rings is 1. The minimum Gasteiger partial charge on any atom is -0.356 e. The molecule has 2 aliphatic rings. The van der Waals surface area contributed by atoms with E-state index in [0.717, 1.165) is 44.1 Å². The second-order valence-corrected chi connectivity index (χ2v) is 7.01. The van der Waals surface area contributed by atoms with Gasteiger partial charge in [-0.15, -0.1) is 0 Å². The summed E-state index contributed by atoms with van der Waals surface area (Å²) in [5.41, 5.74) is -0.147. The van der Waals surface area contributed by atoms with Crippen LogP contribution >= 0.6 is 0 Å². The van der Waals surface area contributed by atoms with E-state index in [1.807, 2.05) is 0 Å². The van der Waals surface area contributed by atoms with E-state index >= 15 is 0 Å². The summed E-state index contributed by atoms with van der Waals surface area (Å²) in [4.78, 5) is 19.8. The molecule has 2 aliphatic heterocycles. The van der Waals surface area contributed by atoms with Gasteiger partial charge in [-0.3, -0.25) is 19.6 Å². The molecule has 0 unspecified atom stereocenters. The van der Waals surface area contributed by atoms with Crippen molar-refractivity contribution in [2.45, 2.75) is 37.5 Å². The van der Waals surface area contributed by atoms with Crippen molar-refractivity contribution < 1.29 is 18.0 Å². The Morgan fingerprint density at radius 3 is 2.76 bits per heavy atom. The van der Waals surface area contributed by atoms with Crippen molar-refractivity contribution in [3.63, 3.8) is 0 Å². The van der Waals surface area contributed by atoms with Crippen LogP contribution in [0.15, 0.2) is 18.3 Å². The Balaban J connectivity index is 1.68. The van der Waals surface area contributed by atoms with Crippen LogP contribution in [0.1, 0.15) is 30.5 Å². The monoisotopic (exact) mass is 356 g/mol. The summed E-state index contributed by atoms with van der Waals surface area (Å²) in [6.45, 7) is 3.77. The normalized spacial score (nSPS) is 26.5. The summed E-state index contributed by atoms with van der Waals surface area (Å²) in [6, 6.07) is 2.54. The number of alkyl halides is 3. The molecule has 3 heterocycles. The Labute approximate surface area is 145 Å². The van der Waals surface area contributed by atoms with E-state index in [4.69, 9.17) is 0 Å². The van der Waals surface area contributed by atoms with Crippen LogP contribution in [-0.4, -0.2) is 59.5 Å². The molecule has 1 amide bonds. The molecule has 0 bridgehead atoms. The standard InChI is InChI=1S/C17H23F3N4O/c1-23-8-9-24(12-16(23)5-4-15(25)21-7-6-16)11-13-2-3-14(22-10-13)17(18,19)20/h2-3,10H,4-9,11-12H2,1H3,(H,21,25)/t16-/m1/s1. The minimum atomic E-state index is -4.41. The van der Waals surface area contributed by atoms with Crippen LogP contribution in [-0.2, 0) is 17.5 Å². The molecule has 1 N–H and O–H groups in total. The van der Waals surface area contributed by atoms with Gasteiger partial charge in [-0.25, -0.2) is 0 Å². The fraction of sp³-hybridized carbons (Fsp3) is 0.647. The number of likely N-dealkylation sites (N-methyl/N-ethyl adjacent to an activating group) is 1. The van der Waals surface area contributed by atoms with Gasteiger partial charge in [-0.2, -0.15) is 13.2 Å². The number of carbonyl (C=O) groups excluding carboxylic acids is 1. The number of aromatic nitrogens is 1. The Kier molecular flexibility index (Phi) is 5.02. The van der Waals surface area contributed by atoms with E-state index in [-0.39, 0.29) is 11.4 Å². The van der Waals surface area contributed by atoms with Crippen molar-refractivity contribution in [3.05, 3.63) is 29.6 Å². The predicted octanol–water partition coefficient (Wildman–Crippen LogP) is 1.89. The third-order valence-electron chi connectivity index (χ3n) is 5.33. The molecule has 0 radical (unpaired) electrons. The molecule has 8 heteroatoms. The van der Waals surface area contributed by atoms with Crippen LogP contribution in [0.5, 0.6) is 0 Å². The number of rotatable bonds is 2. The molecule has 2 fully saturated rings. The Bertz CT molecular complexity index is 619. The van der Waals surface area contributed by atoms with Gasteiger partial charge < -0.3 is 5.32 Å².